The summed E-state index contributed by atoms with van der Waals surface area (Å²) in [4.78, 5) is 5.99. The Hall–Kier alpha value is -0.410. The Bertz CT molecular complexity index is 290. The minimum absolute atomic E-state index is 0.760. The quantitative estimate of drug-likeness (QED) is 0.853. The molecule has 1 saturated carbocycles. The fourth-order valence-corrected chi connectivity index (χ4v) is 3.38. The van der Waals surface area contributed by atoms with Crippen molar-refractivity contribution in [3.8, 4) is 0 Å². The molecular weight excluding hydrogens is 204 g/mol. The summed E-state index contributed by atoms with van der Waals surface area (Å²) in [5.41, 5.74) is 5.51. The topological polar surface area (TPSA) is 38.9 Å². The number of thiazole rings is 1. The maximum atomic E-state index is 5.51. The standard InChI is InChI=1S/C12H20N2S/c13-8-4-7-11-9-14-12(15-11)10-5-2-1-3-6-10/h9-10H,1-8,13H2. The van der Waals surface area contributed by atoms with Gasteiger partial charge in [-0.25, -0.2) is 4.98 Å². The molecule has 0 amide bonds. The average molecular weight is 224 g/mol. The van der Waals surface area contributed by atoms with E-state index in [1.807, 2.05) is 11.3 Å². The van der Waals surface area contributed by atoms with Crippen LogP contribution >= 0.6 is 11.3 Å². The molecule has 2 nitrogen and oxygen atoms in total. The summed E-state index contributed by atoms with van der Waals surface area (Å²) in [5.74, 6) is 0.760. The van der Waals surface area contributed by atoms with Crippen LogP contribution in [-0.2, 0) is 6.42 Å². The second-order valence-corrected chi connectivity index (χ2v) is 5.54. The Labute approximate surface area is 95.9 Å². The SMILES string of the molecule is NCCCc1cnc(C2CCCCC2)s1. The van der Waals surface area contributed by atoms with Gasteiger partial charge in [0.2, 0.25) is 0 Å². The van der Waals surface area contributed by atoms with Gasteiger partial charge in [0.1, 0.15) is 0 Å². The Balaban J connectivity index is 1.93. The van der Waals surface area contributed by atoms with Crippen molar-refractivity contribution in [2.24, 2.45) is 5.73 Å². The lowest BCUT2D eigenvalue weighted by Crippen LogP contribution is -2.03. The second kappa shape index (κ2) is 5.61. The lowest BCUT2D eigenvalue weighted by molar-refractivity contribution is 0.442. The predicted octanol–water partition coefficient (Wildman–Crippen LogP) is 3.08. The van der Waals surface area contributed by atoms with Crippen molar-refractivity contribution >= 4 is 11.3 Å². The molecule has 0 bridgehead atoms. The Morgan fingerprint density at radius 1 is 1.33 bits per heavy atom. The number of aryl methyl sites for hydroxylation is 1. The van der Waals surface area contributed by atoms with Crippen molar-refractivity contribution in [3.63, 3.8) is 0 Å². The van der Waals surface area contributed by atoms with Crippen LogP contribution in [0.4, 0.5) is 0 Å². The second-order valence-electron chi connectivity index (χ2n) is 4.39. The third-order valence-electron chi connectivity index (χ3n) is 3.15. The fourth-order valence-electron chi connectivity index (χ4n) is 2.25. The number of rotatable bonds is 4. The summed E-state index contributed by atoms with van der Waals surface area (Å²) in [6, 6.07) is 0. The molecule has 1 aliphatic carbocycles. The van der Waals surface area contributed by atoms with E-state index in [0.717, 1.165) is 25.3 Å². The van der Waals surface area contributed by atoms with Crippen molar-refractivity contribution in [1.29, 1.82) is 0 Å². The largest absolute Gasteiger partial charge is 0.330 e. The first-order chi connectivity index (χ1) is 7.40. The van der Waals surface area contributed by atoms with Crippen molar-refractivity contribution in [1.82, 2.24) is 4.98 Å². The van der Waals surface area contributed by atoms with E-state index in [1.165, 1.54) is 42.0 Å². The predicted molar refractivity (Wildman–Crippen MR) is 65.3 cm³/mol. The molecule has 1 heterocycles. The summed E-state index contributed by atoms with van der Waals surface area (Å²) in [6.07, 6.45) is 11.2. The summed E-state index contributed by atoms with van der Waals surface area (Å²) in [5, 5.41) is 1.38. The molecule has 0 atom stereocenters. The molecule has 1 aromatic heterocycles. The monoisotopic (exact) mass is 224 g/mol. The molecule has 1 aromatic rings. The highest BCUT2D eigenvalue weighted by Crippen LogP contribution is 2.34. The van der Waals surface area contributed by atoms with Crippen molar-refractivity contribution in [3.05, 3.63) is 16.1 Å². The molecule has 1 fully saturated rings. The third-order valence-corrected chi connectivity index (χ3v) is 4.37. The van der Waals surface area contributed by atoms with Crippen LogP contribution in [0.5, 0.6) is 0 Å². The van der Waals surface area contributed by atoms with Crippen LogP contribution in [0.25, 0.3) is 0 Å². The Kier molecular flexibility index (Phi) is 4.15. The summed E-state index contributed by atoms with van der Waals surface area (Å²) >= 11 is 1.91. The van der Waals surface area contributed by atoms with Gasteiger partial charge in [0.25, 0.3) is 0 Å². The molecule has 0 radical (unpaired) electrons. The van der Waals surface area contributed by atoms with Crippen LogP contribution in [0.3, 0.4) is 0 Å². The van der Waals surface area contributed by atoms with Crippen LogP contribution in [0, 0.1) is 0 Å². The van der Waals surface area contributed by atoms with Crippen molar-refractivity contribution < 1.29 is 0 Å². The van der Waals surface area contributed by atoms with Gasteiger partial charge in [-0.3, -0.25) is 0 Å². The van der Waals surface area contributed by atoms with Gasteiger partial charge < -0.3 is 5.73 Å². The molecule has 2 rings (SSSR count). The normalized spacial score (nSPS) is 18.2. The van der Waals surface area contributed by atoms with Crippen molar-refractivity contribution in [2.75, 3.05) is 6.54 Å². The third kappa shape index (κ3) is 3.02. The molecule has 0 spiro atoms. The molecule has 0 unspecified atom stereocenters. The molecule has 15 heavy (non-hydrogen) atoms. The van der Waals surface area contributed by atoms with E-state index >= 15 is 0 Å². The zero-order chi connectivity index (χ0) is 10.5. The molecule has 0 aliphatic heterocycles. The lowest BCUT2D eigenvalue weighted by Gasteiger charge is -2.18. The average Bonchev–Trinajstić information content (AvgIpc) is 2.76. The van der Waals surface area contributed by atoms with E-state index in [0.29, 0.717) is 0 Å². The Morgan fingerprint density at radius 2 is 2.13 bits per heavy atom. The van der Waals surface area contributed by atoms with Gasteiger partial charge in [-0.05, 0) is 32.2 Å². The molecule has 2 N–H and O–H groups in total. The van der Waals surface area contributed by atoms with Crippen LogP contribution in [-0.4, -0.2) is 11.5 Å². The highest BCUT2D eigenvalue weighted by Gasteiger charge is 2.18. The molecule has 1 aliphatic rings. The summed E-state index contributed by atoms with van der Waals surface area (Å²) in [6.45, 7) is 0.788. The Morgan fingerprint density at radius 3 is 2.87 bits per heavy atom. The number of hydrogen-bond acceptors (Lipinski definition) is 3. The molecule has 84 valence electrons. The van der Waals surface area contributed by atoms with E-state index in [-0.39, 0.29) is 0 Å². The van der Waals surface area contributed by atoms with Gasteiger partial charge in [0.15, 0.2) is 0 Å². The van der Waals surface area contributed by atoms with E-state index in [1.54, 1.807) is 0 Å². The number of hydrogen-bond donors (Lipinski definition) is 1. The van der Waals surface area contributed by atoms with Gasteiger partial charge in [-0.15, -0.1) is 11.3 Å². The minimum Gasteiger partial charge on any atom is -0.330 e. The number of aromatic nitrogens is 1. The van der Waals surface area contributed by atoms with Crippen LogP contribution in [0.1, 0.15) is 54.3 Å². The zero-order valence-electron chi connectivity index (χ0n) is 9.24. The van der Waals surface area contributed by atoms with Crippen LogP contribution in [0.15, 0.2) is 6.20 Å². The van der Waals surface area contributed by atoms with Gasteiger partial charge in [-0.1, -0.05) is 19.3 Å². The van der Waals surface area contributed by atoms with E-state index in [9.17, 15) is 0 Å². The molecule has 3 heteroatoms. The molecular formula is C12H20N2S. The van der Waals surface area contributed by atoms with E-state index < -0.39 is 0 Å². The highest BCUT2D eigenvalue weighted by molar-refractivity contribution is 7.11. The molecule has 0 saturated heterocycles. The van der Waals surface area contributed by atoms with Gasteiger partial charge in [0.05, 0.1) is 5.01 Å². The van der Waals surface area contributed by atoms with Crippen molar-refractivity contribution in [2.45, 2.75) is 50.9 Å². The lowest BCUT2D eigenvalue weighted by atomic mass is 9.90. The maximum absolute atomic E-state index is 5.51. The summed E-state index contributed by atoms with van der Waals surface area (Å²) in [7, 11) is 0. The fraction of sp³-hybridized carbons (Fsp3) is 0.750. The van der Waals surface area contributed by atoms with Gasteiger partial charge in [-0.2, -0.15) is 0 Å². The maximum Gasteiger partial charge on any atom is 0.0958 e. The first-order valence-corrected chi connectivity index (χ1v) is 6.86. The first kappa shape index (κ1) is 11.1. The number of nitrogens with two attached hydrogens (primary N) is 1. The van der Waals surface area contributed by atoms with Gasteiger partial charge >= 0.3 is 0 Å². The van der Waals surface area contributed by atoms with Crippen LogP contribution < -0.4 is 5.73 Å². The van der Waals surface area contributed by atoms with E-state index in [4.69, 9.17) is 5.73 Å². The highest BCUT2D eigenvalue weighted by atomic mass is 32.1. The zero-order valence-corrected chi connectivity index (χ0v) is 10.1. The van der Waals surface area contributed by atoms with Gasteiger partial charge in [0, 0.05) is 17.0 Å². The minimum atomic E-state index is 0.760. The van der Waals surface area contributed by atoms with E-state index in [2.05, 4.69) is 11.2 Å². The van der Waals surface area contributed by atoms with Crippen LogP contribution in [0.2, 0.25) is 0 Å². The summed E-state index contributed by atoms with van der Waals surface area (Å²) < 4.78 is 0. The first-order valence-electron chi connectivity index (χ1n) is 6.05. The number of nitrogens with zero attached hydrogens (tertiary/aromatic N) is 1. The molecule has 0 aromatic carbocycles. The smallest absolute Gasteiger partial charge is 0.0958 e.